The third-order valence-electron chi connectivity index (χ3n) is 5.66. The van der Waals surface area contributed by atoms with Crippen LogP contribution in [-0.4, -0.2) is 36.0 Å². The van der Waals surface area contributed by atoms with Gasteiger partial charge in [-0.15, -0.1) is 0 Å². The number of nitrogens with zero attached hydrogens (tertiary/aromatic N) is 1. The molecule has 0 bridgehead atoms. The predicted octanol–water partition coefficient (Wildman–Crippen LogP) is 2.81. The molecule has 7 nitrogen and oxygen atoms in total. The molecule has 0 fully saturated rings. The van der Waals surface area contributed by atoms with Crippen molar-refractivity contribution in [2.75, 3.05) is 13.2 Å². The van der Waals surface area contributed by atoms with Gasteiger partial charge in [-0.2, -0.15) is 0 Å². The SMILES string of the molecule is Cc1ccc(CNC(=O)CN2C(=O)NC(c3cc(C)ccc3C)C3=C2COC3=O)cc1. The molecule has 2 aliphatic heterocycles. The topological polar surface area (TPSA) is 87.7 Å². The molecular formula is C24H25N3O4. The van der Waals surface area contributed by atoms with Crippen molar-refractivity contribution in [3.63, 3.8) is 0 Å². The van der Waals surface area contributed by atoms with E-state index >= 15 is 0 Å². The smallest absolute Gasteiger partial charge is 0.338 e. The number of benzene rings is 2. The van der Waals surface area contributed by atoms with Gasteiger partial charge in [0, 0.05) is 6.54 Å². The summed E-state index contributed by atoms with van der Waals surface area (Å²) < 4.78 is 5.24. The highest BCUT2D eigenvalue weighted by atomic mass is 16.5. The van der Waals surface area contributed by atoms with Crippen LogP contribution in [0.4, 0.5) is 4.79 Å². The van der Waals surface area contributed by atoms with E-state index < -0.39 is 18.0 Å². The largest absolute Gasteiger partial charge is 0.456 e. The highest BCUT2D eigenvalue weighted by molar-refractivity contribution is 5.98. The standard InChI is InChI=1S/C24H25N3O4/c1-14-5-8-17(9-6-14)11-25-20(28)12-27-19-13-31-23(29)21(19)22(26-24(27)30)18-10-15(2)4-7-16(18)3/h4-10,22H,11-13H2,1-3H3,(H,25,28)(H,26,30). The van der Waals surface area contributed by atoms with Crippen molar-refractivity contribution in [3.8, 4) is 0 Å². The van der Waals surface area contributed by atoms with Crippen LogP contribution in [0, 0.1) is 20.8 Å². The number of cyclic esters (lactones) is 1. The van der Waals surface area contributed by atoms with Gasteiger partial charge in [-0.05, 0) is 37.5 Å². The molecule has 0 radical (unpaired) electrons. The Balaban J connectivity index is 1.54. The first-order valence-electron chi connectivity index (χ1n) is 10.2. The fraction of sp³-hybridized carbons (Fsp3) is 0.292. The first-order valence-corrected chi connectivity index (χ1v) is 10.2. The number of carbonyl (C=O) groups is 3. The Morgan fingerprint density at radius 2 is 1.81 bits per heavy atom. The van der Waals surface area contributed by atoms with Crippen molar-refractivity contribution in [3.05, 3.63) is 81.6 Å². The lowest BCUT2D eigenvalue weighted by Gasteiger charge is -2.33. The summed E-state index contributed by atoms with van der Waals surface area (Å²) in [7, 11) is 0. The van der Waals surface area contributed by atoms with Crippen LogP contribution in [-0.2, 0) is 20.9 Å². The molecule has 3 amide bonds. The number of carbonyl (C=O) groups excluding carboxylic acids is 3. The molecule has 31 heavy (non-hydrogen) atoms. The maximum atomic E-state index is 12.9. The lowest BCUT2D eigenvalue weighted by Crippen LogP contribution is -2.50. The molecule has 2 aromatic rings. The van der Waals surface area contributed by atoms with Crippen LogP contribution < -0.4 is 10.6 Å². The van der Waals surface area contributed by atoms with Crippen LogP contribution in [0.3, 0.4) is 0 Å². The predicted molar refractivity (Wildman–Crippen MR) is 115 cm³/mol. The van der Waals surface area contributed by atoms with Crippen LogP contribution >= 0.6 is 0 Å². The summed E-state index contributed by atoms with van der Waals surface area (Å²) in [6.07, 6.45) is 0. The molecule has 0 aliphatic carbocycles. The highest BCUT2D eigenvalue weighted by Gasteiger charge is 2.43. The Morgan fingerprint density at radius 1 is 1.10 bits per heavy atom. The Labute approximate surface area is 181 Å². The van der Waals surface area contributed by atoms with E-state index in [9.17, 15) is 14.4 Å². The van der Waals surface area contributed by atoms with Crippen LogP contribution in [0.1, 0.15) is 33.9 Å². The van der Waals surface area contributed by atoms with E-state index in [0.717, 1.165) is 27.8 Å². The molecule has 0 saturated heterocycles. The van der Waals surface area contributed by atoms with Gasteiger partial charge in [-0.3, -0.25) is 9.69 Å². The van der Waals surface area contributed by atoms with E-state index in [4.69, 9.17) is 4.74 Å². The van der Waals surface area contributed by atoms with Crippen molar-refractivity contribution in [1.82, 2.24) is 15.5 Å². The molecule has 2 heterocycles. The third kappa shape index (κ3) is 4.17. The van der Waals surface area contributed by atoms with E-state index in [1.807, 2.05) is 63.2 Å². The minimum absolute atomic E-state index is 0.0197. The molecule has 2 aromatic carbocycles. The third-order valence-corrected chi connectivity index (χ3v) is 5.66. The van der Waals surface area contributed by atoms with Crippen LogP contribution in [0.2, 0.25) is 0 Å². The molecule has 160 valence electrons. The number of ether oxygens (including phenoxy) is 1. The summed E-state index contributed by atoms with van der Waals surface area (Å²) in [4.78, 5) is 39.2. The lowest BCUT2D eigenvalue weighted by atomic mass is 9.91. The number of nitrogens with one attached hydrogen (secondary N) is 2. The molecule has 2 N–H and O–H groups in total. The zero-order chi connectivity index (χ0) is 22.1. The van der Waals surface area contributed by atoms with Gasteiger partial charge in [-0.1, -0.05) is 53.6 Å². The fourth-order valence-corrected chi connectivity index (χ4v) is 3.89. The van der Waals surface area contributed by atoms with Crippen LogP contribution in [0.5, 0.6) is 0 Å². The van der Waals surface area contributed by atoms with Crippen molar-refractivity contribution in [2.45, 2.75) is 33.4 Å². The number of rotatable bonds is 5. The van der Waals surface area contributed by atoms with Gasteiger partial charge in [0.1, 0.15) is 13.2 Å². The van der Waals surface area contributed by atoms with Gasteiger partial charge in [0.05, 0.1) is 17.3 Å². The molecule has 1 unspecified atom stereocenters. The maximum absolute atomic E-state index is 12.9. The number of urea groups is 1. The van der Waals surface area contributed by atoms with Crippen LogP contribution in [0.25, 0.3) is 0 Å². The second-order valence-electron chi connectivity index (χ2n) is 8.03. The number of amides is 3. The zero-order valence-corrected chi connectivity index (χ0v) is 17.8. The van der Waals surface area contributed by atoms with E-state index in [-0.39, 0.29) is 19.1 Å². The van der Waals surface area contributed by atoms with Gasteiger partial charge < -0.3 is 15.4 Å². The van der Waals surface area contributed by atoms with Crippen molar-refractivity contribution in [2.24, 2.45) is 0 Å². The van der Waals surface area contributed by atoms with Crippen molar-refractivity contribution < 1.29 is 19.1 Å². The zero-order valence-electron chi connectivity index (χ0n) is 17.8. The van der Waals surface area contributed by atoms with Crippen molar-refractivity contribution >= 4 is 17.9 Å². The van der Waals surface area contributed by atoms with E-state index in [2.05, 4.69) is 10.6 Å². The van der Waals surface area contributed by atoms with Gasteiger partial charge in [0.2, 0.25) is 5.91 Å². The molecule has 2 aliphatic rings. The van der Waals surface area contributed by atoms with Gasteiger partial charge in [-0.25, -0.2) is 9.59 Å². The summed E-state index contributed by atoms with van der Waals surface area (Å²) in [6.45, 7) is 6.05. The molecule has 0 spiro atoms. The molecule has 0 saturated carbocycles. The Hall–Kier alpha value is -3.61. The summed E-state index contributed by atoms with van der Waals surface area (Å²) in [5, 5.41) is 5.71. The summed E-state index contributed by atoms with van der Waals surface area (Å²) in [6, 6.07) is 12.7. The highest BCUT2D eigenvalue weighted by Crippen LogP contribution is 2.36. The fourth-order valence-electron chi connectivity index (χ4n) is 3.89. The number of esters is 1. The first kappa shape index (κ1) is 20.7. The minimum Gasteiger partial charge on any atom is -0.456 e. The molecular weight excluding hydrogens is 394 g/mol. The summed E-state index contributed by atoms with van der Waals surface area (Å²) in [5.74, 6) is -0.780. The number of aryl methyl sites for hydroxylation is 3. The Kier molecular flexibility index (Phi) is 5.50. The van der Waals surface area contributed by atoms with Gasteiger partial charge in [0.15, 0.2) is 0 Å². The van der Waals surface area contributed by atoms with Crippen molar-refractivity contribution in [1.29, 1.82) is 0 Å². The summed E-state index contributed by atoms with van der Waals surface area (Å²) in [5.41, 5.74) is 5.79. The first-order chi connectivity index (χ1) is 14.8. The quantitative estimate of drug-likeness (QED) is 0.730. The minimum atomic E-state index is -0.593. The molecule has 1 atom stereocenters. The van der Waals surface area contributed by atoms with E-state index in [0.29, 0.717) is 17.8 Å². The average Bonchev–Trinajstić information content (AvgIpc) is 3.13. The Bertz CT molecular complexity index is 1090. The van der Waals surface area contributed by atoms with E-state index in [1.54, 1.807) is 0 Å². The van der Waals surface area contributed by atoms with Crippen LogP contribution in [0.15, 0.2) is 53.7 Å². The maximum Gasteiger partial charge on any atom is 0.338 e. The molecule has 7 heteroatoms. The monoisotopic (exact) mass is 419 g/mol. The molecule has 0 aromatic heterocycles. The second-order valence-corrected chi connectivity index (χ2v) is 8.03. The second kappa shape index (κ2) is 8.26. The number of hydrogen-bond acceptors (Lipinski definition) is 4. The molecule has 4 rings (SSSR count). The van der Waals surface area contributed by atoms with Gasteiger partial charge in [0.25, 0.3) is 0 Å². The Morgan fingerprint density at radius 3 is 2.55 bits per heavy atom. The lowest BCUT2D eigenvalue weighted by molar-refractivity contribution is -0.136. The number of hydrogen-bond donors (Lipinski definition) is 2. The van der Waals surface area contributed by atoms with E-state index in [1.165, 1.54) is 4.90 Å². The van der Waals surface area contributed by atoms with Gasteiger partial charge >= 0.3 is 12.0 Å². The average molecular weight is 419 g/mol. The summed E-state index contributed by atoms with van der Waals surface area (Å²) >= 11 is 0. The normalized spacial score (nSPS) is 17.9.